The zero-order chi connectivity index (χ0) is 20.9. The highest BCUT2D eigenvalue weighted by Gasteiger charge is 2.18. The van der Waals surface area contributed by atoms with E-state index >= 15 is 0 Å². The molecule has 4 rings (SSSR count). The molecule has 0 bridgehead atoms. The van der Waals surface area contributed by atoms with E-state index in [1.54, 1.807) is 35.6 Å². The first-order valence-corrected chi connectivity index (χ1v) is 11.0. The molecule has 2 heterocycles. The molecule has 0 radical (unpaired) electrons. The van der Waals surface area contributed by atoms with Crippen LogP contribution in [0, 0.1) is 0 Å². The van der Waals surface area contributed by atoms with Gasteiger partial charge < -0.3 is 14.8 Å². The molecule has 0 amide bonds. The number of hydrogen-bond donors (Lipinski definition) is 2. The van der Waals surface area contributed by atoms with Crippen molar-refractivity contribution in [3.05, 3.63) is 81.8 Å². The van der Waals surface area contributed by atoms with Crippen LogP contribution in [0.4, 0.5) is 0 Å². The Balaban J connectivity index is 1.45. The lowest BCUT2D eigenvalue weighted by Crippen LogP contribution is -2.04. The van der Waals surface area contributed by atoms with Crippen LogP contribution in [0.2, 0.25) is 0 Å². The summed E-state index contributed by atoms with van der Waals surface area (Å²) in [5.74, 6) is 1.12. The second-order valence-electron chi connectivity index (χ2n) is 7.35. The number of aromatic amines is 1. The number of carboxylic acid groups (broad SMARTS) is 1. The molecule has 5 nitrogen and oxygen atoms in total. The van der Waals surface area contributed by atoms with Gasteiger partial charge in [-0.1, -0.05) is 44.0 Å². The van der Waals surface area contributed by atoms with Crippen molar-refractivity contribution in [3.63, 3.8) is 0 Å². The third-order valence-electron chi connectivity index (χ3n) is 5.21. The first-order chi connectivity index (χ1) is 14.6. The van der Waals surface area contributed by atoms with E-state index in [4.69, 9.17) is 14.8 Å². The first-order valence-electron chi connectivity index (χ1n) is 10.1. The monoisotopic (exact) mass is 420 g/mol. The molecular weight excluding hydrogens is 396 g/mol. The predicted octanol–water partition coefficient (Wildman–Crippen LogP) is 6.22. The Morgan fingerprint density at radius 1 is 1.13 bits per heavy atom. The minimum atomic E-state index is -0.924. The first kappa shape index (κ1) is 20.2. The van der Waals surface area contributed by atoms with Crippen LogP contribution in [-0.4, -0.2) is 21.0 Å². The van der Waals surface area contributed by atoms with Gasteiger partial charge >= 0.3 is 5.97 Å². The average Bonchev–Trinajstić information content (AvgIpc) is 3.36. The molecule has 30 heavy (non-hydrogen) atoms. The number of nitrogens with one attached hydrogen (secondary N) is 1. The molecule has 0 aliphatic carbocycles. The minimum Gasteiger partial charge on any atom is -0.489 e. The molecule has 0 spiro atoms. The van der Waals surface area contributed by atoms with Gasteiger partial charge in [0.2, 0.25) is 0 Å². The van der Waals surface area contributed by atoms with Crippen molar-refractivity contribution in [2.45, 2.75) is 38.7 Å². The summed E-state index contributed by atoms with van der Waals surface area (Å²) in [6.07, 6.45) is 3.34. The number of unbranched alkanes of at least 4 members (excludes halogenated alkanes) is 1. The predicted molar refractivity (Wildman–Crippen MR) is 120 cm³/mol. The van der Waals surface area contributed by atoms with Crippen LogP contribution < -0.4 is 4.74 Å². The third-order valence-corrected chi connectivity index (χ3v) is 5.94. The lowest BCUT2D eigenvalue weighted by molar-refractivity contribution is 0.0697. The summed E-state index contributed by atoms with van der Waals surface area (Å²) in [6.45, 7) is 2.60. The molecule has 0 saturated carbocycles. The van der Waals surface area contributed by atoms with Crippen molar-refractivity contribution in [2.24, 2.45) is 0 Å². The number of hydrogen-bond acceptors (Lipinski definition) is 4. The summed E-state index contributed by atoms with van der Waals surface area (Å²) in [5, 5.41) is 13.2. The maximum Gasteiger partial charge on any atom is 0.335 e. The molecule has 2 aromatic carbocycles. The van der Waals surface area contributed by atoms with Crippen molar-refractivity contribution < 1.29 is 14.6 Å². The van der Waals surface area contributed by atoms with E-state index in [-0.39, 0.29) is 11.5 Å². The second-order valence-corrected chi connectivity index (χ2v) is 8.09. The van der Waals surface area contributed by atoms with Gasteiger partial charge in [0.25, 0.3) is 0 Å². The van der Waals surface area contributed by atoms with Gasteiger partial charge in [-0.25, -0.2) is 9.78 Å². The fourth-order valence-electron chi connectivity index (χ4n) is 3.51. The number of aromatic nitrogens is 2. The van der Waals surface area contributed by atoms with Crippen LogP contribution in [0.3, 0.4) is 0 Å². The van der Waals surface area contributed by atoms with Crippen molar-refractivity contribution in [2.75, 3.05) is 0 Å². The van der Waals surface area contributed by atoms with E-state index in [1.165, 1.54) is 5.56 Å². The fraction of sp³-hybridized carbons (Fsp3) is 0.250. The fourth-order valence-corrected chi connectivity index (χ4v) is 4.20. The molecule has 4 aromatic rings. The summed E-state index contributed by atoms with van der Waals surface area (Å²) in [4.78, 5) is 19.2. The summed E-state index contributed by atoms with van der Waals surface area (Å²) in [6, 6.07) is 14.9. The van der Waals surface area contributed by atoms with Crippen LogP contribution in [0.1, 0.15) is 59.4 Å². The van der Waals surface area contributed by atoms with Crippen LogP contribution in [0.5, 0.6) is 5.75 Å². The third kappa shape index (κ3) is 4.54. The Morgan fingerprint density at radius 2 is 1.90 bits per heavy atom. The van der Waals surface area contributed by atoms with Crippen molar-refractivity contribution in [3.8, 4) is 5.75 Å². The number of carboxylic acids is 1. The number of nitrogens with zero attached hydrogens (tertiary/aromatic N) is 1. The quantitative estimate of drug-likeness (QED) is 0.337. The molecule has 0 aliphatic rings. The SMILES string of the molecule is CCCCC(c1ccc(OCc2ccc(C(=O)O)cc2)cc1)c1nc2cscc2[nH]1. The number of thiophene rings is 1. The highest BCUT2D eigenvalue weighted by molar-refractivity contribution is 7.09. The maximum absolute atomic E-state index is 10.9. The van der Waals surface area contributed by atoms with Crippen molar-refractivity contribution >= 4 is 28.3 Å². The van der Waals surface area contributed by atoms with Crippen molar-refractivity contribution in [1.29, 1.82) is 0 Å². The molecule has 1 unspecified atom stereocenters. The highest BCUT2D eigenvalue weighted by Crippen LogP contribution is 2.31. The molecule has 0 fully saturated rings. The number of fused-ring (bicyclic) bond motifs is 1. The summed E-state index contributed by atoms with van der Waals surface area (Å²) in [7, 11) is 0. The molecule has 2 aromatic heterocycles. The van der Waals surface area contributed by atoms with E-state index in [9.17, 15) is 4.79 Å². The smallest absolute Gasteiger partial charge is 0.335 e. The van der Waals surface area contributed by atoms with Gasteiger partial charge in [-0.05, 0) is 41.8 Å². The van der Waals surface area contributed by atoms with Gasteiger partial charge in [0.1, 0.15) is 18.2 Å². The molecule has 2 N–H and O–H groups in total. The zero-order valence-corrected chi connectivity index (χ0v) is 17.6. The van der Waals surface area contributed by atoms with E-state index < -0.39 is 5.97 Å². The van der Waals surface area contributed by atoms with Gasteiger partial charge in [-0.2, -0.15) is 0 Å². The largest absolute Gasteiger partial charge is 0.489 e. The number of benzene rings is 2. The molecule has 0 saturated heterocycles. The molecule has 0 aliphatic heterocycles. The van der Waals surface area contributed by atoms with Gasteiger partial charge in [0.15, 0.2) is 0 Å². The standard InChI is InChI=1S/C24H24N2O3S/c1-2-3-4-20(23-25-21-14-30-15-22(21)26-23)17-9-11-19(12-10-17)29-13-16-5-7-18(8-6-16)24(27)28/h5-12,14-15,20H,2-4,13H2,1H3,(H,25,26)(H,27,28). The highest BCUT2D eigenvalue weighted by atomic mass is 32.1. The average molecular weight is 421 g/mol. The number of carbonyl (C=O) groups is 1. The molecule has 154 valence electrons. The van der Waals surface area contributed by atoms with Crippen LogP contribution in [0.25, 0.3) is 11.0 Å². The second kappa shape index (κ2) is 9.13. The lowest BCUT2D eigenvalue weighted by Gasteiger charge is -2.16. The Bertz CT molecular complexity index is 1090. The van der Waals surface area contributed by atoms with Gasteiger partial charge in [0, 0.05) is 16.7 Å². The molecule has 1 atom stereocenters. The summed E-state index contributed by atoms with van der Waals surface area (Å²) in [5.41, 5.74) is 4.57. The summed E-state index contributed by atoms with van der Waals surface area (Å²) >= 11 is 1.66. The number of H-pyrrole nitrogens is 1. The van der Waals surface area contributed by atoms with Crippen LogP contribution >= 0.6 is 11.3 Å². The van der Waals surface area contributed by atoms with E-state index in [2.05, 4.69) is 34.8 Å². The van der Waals surface area contributed by atoms with E-state index in [1.807, 2.05) is 12.1 Å². The Kier molecular flexibility index (Phi) is 6.14. The Morgan fingerprint density at radius 3 is 2.57 bits per heavy atom. The number of aromatic carboxylic acids is 1. The number of ether oxygens (including phenoxy) is 1. The number of rotatable bonds is 9. The van der Waals surface area contributed by atoms with Gasteiger partial charge in [0.05, 0.1) is 16.6 Å². The molecule has 6 heteroatoms. The van der Waals surface area contributed by atoms with Gasteiger partial charge in [-0.3, -0.25) is 0 Å². The Hall–Kier alpha value is -3.12. The minimum absolute atomic E-state index is 0.236. The maximum atomic E-state index is 10.9. The molecular formula is C24H24N2O3S. The number of imidazole rings is 1. The zero-order valence-electron chi connectivity index (χ0n) is 16.8. The van der Waals surface area contributed by atoms with Crippen LogP contribution in [0.15, 0.2) is 59.3 Å². The normalized spacial score (nSPS) is 12.2. The van der Waals surface area contributed by atoms with E-state index in [0.717, 1.165) is 47.4 Å². The van der Waals surface area contributed by atoms with Crippen LogP contribution in [-0.2, 0) is 6.61 Å². The van der Waals surface area contributed by atoms with Gasteiger partial charge in [-0.15, -0.1) is 11.3 Å². The van der Waals surface area contributed by atoms with Crippen molar-refractivity contribution in [1.82, 2.24) is 9.97 Å². The Labute approximate surface area is 179 Å². The summed E-state index contributed by atoms with van der Waals surface area (Å²) < 4.78 is 5.88. The lowest BCUT2D eigenvalue weighted by atomic mass is 9.93. The van der Waals surface area contributed by atoms with E-state index in [0.29, 0.717) is 6.61 Å². The topological polar surface area (TPSA) is 75.2 Å².